The van der Waals surface area contributed by atoms with Gasteiger partial charge >= 0.3 is 0 Å². The molecule has 162 valence electrons. The van der Waals surface area contributed by atoms with Crippen molar-refractivity contribution in [2.45, 2.75) is 19.1 Å². The van der Waals surface area contributed by atoms with Gasteiger partial charge in [0.15, 0.2) is 11.4 Å². The fourth-order valence-corrected chi connectivity index (χ4v) is 4.15. The third kappa shape index (κ3) is 3.86. The van der Waals surface area contributed by atoms with Crippen LogP contribution in [0.4, 0.5) is 8.78 Å². The monoisotopic (exact) mass is 428 g/mol. The zero-order chi connectivity index (χ0) is 21.4. The number of amides is 1. The van der Waals surface area contributed by atoms with E-state index in [9.17, 15) is 13.6 Å². The molecule has 9 heteroatoms. The number of pyridine rings is 1. The Morgan fingerprint density at radius 2 is 1.94 bits per heavy atom. The van der Waals surface area contributed by atoms with Crippen LogP contribution in [0.1, 0.15) is 21.7 Å². The molecule has 3 aromatic rings. The van der Waals surface area contributed by atoms with Crippen LogP contribution in [0.5, 0.6) is 5.75 Å². The highest BCUT2D eigenvalue weighted by atomic mass is 19.1. The summed E-state index contributed by atoms with van der Waals surface area (Å²) in [5.74, 6) is -1.17. The first-order valence-electron chi connectivity index (χ1n) is 10.3. The molecule has 2 aromatic heterocycles. The summed E-state index contributed by atoms with van der Waals surface area (Å²) in [5, 5.41) is 3.07. The highest BCUT2D eigenvalue weighted by Gasteiger charge is 2.31. The largest absolute Gasteiger partial charge is 0.485 e. The smallest absolute Gasteiger partial charge is 0.270 e. The minimum atomic E-state index is -0.667. The first-order valence-corrected chi connectivity index (χ1v) is 10.3. The zero-order valence-electron chi connectivity index (χ0n) is 16.8. The summed E-state index contributed by atoms with van der Waals surface area (Å²) in [6.07, 6.45) is 2.33. The van der Waals surface area contributed by atoms with Gasteiger partial charge in [0.05, 0.1) is 24.5 Å². The maximum atomic E-state index is 13.9. The van der Waals surface area contributed by atoms with E-state index in [0.29, 0.717) is 42.4 Å². The maximum absolute atomic E-state index is 13.9. The van der Waals surface area contributed by atoms with Gasteiger partial charge in [0, 0.05) is 38.3 Å². The molecule has 1 saturated heterocycles. The van der Waals surface area contributed by atoms with Gasteiger partial charge in [-0.15, -0.1) is 0 Å². The molecule has 1 aromatic carbocycles. The topological polar surface area (TPSA) is 68.1 Å². The lowest BCUT2D eigenvalue weighted by Gasteiger charge is -2.32. The average molecular weight is 428 g/mol. The number of morpholine rings is 1. The Labute approximate surface area is 177 Å². The van der Waals surface area contributed by atoms with Crippen LogP contribution in [0.25, 0.3) is 5.65 Å². The number of hydrogen-bond donors (Lipinski definition) is 1. The molecular weight excluding hydrogens is 406 g/mol. The summed E-state index contributed by atoms with van der Waals surface area (Å²) in [4.78, 5) is 19.8. The lowest BCUT2D eigenvalue weighted by atomic mass is 10.0. The van der Waals surface area contributed by atoms with E-state index in [0.717, 1.165) is 19.6 Å². The lowest BCUT2D eigenvalue weighted by molar-refractivity contribution is 0.0329. The molecule has 0 unspecified atom stereocenters. The van der Waals surface area contributed by atoms with E-state index in [2.05, 4.69) is 15.2 Å². The number of halogens is 2. The Balaban J connectivity index is 1.39. The lowest BCUT2D eigenvalue weighted by Crippen LogP contribution is -2.50. The molecule has 1 atom stereocenters. The molecule has 4 heterocycles. The molecule has 0 bridgehead atoms. The third-order valence-corrected chi connectivity index (χ3v) is 5.69. The van der Waals surface area contributed by atoms with Gasteiger partial charge in [0.2, 0.25) is 0 Å². The van der Waals surface area contributed by atoms with Crippen LogP contribution in [-0.4, -0.2) is 59.1 Å². The van der Waals surface area contributed by atoms with Gasteiger partial charge in [-0.2, -0.15) is 0 Å². The second kappa shape index (κ2) is 8.24. The number of carbonyl (C=O) groups excluding carboxylic acids is 1. The van der Waals surface area contributed by atoms with E-state index in [4.69, 9.17) is 9.47 Å². The molecule has 0 spiro atoms. The number of rotatable bonds is 5. The Bertz CT molecular complexity index is 1110. The van der Waals surface area contributed by atoms with Crippen LogP contribution < -0.4 is 10.1 Å². The second-order valence-corrected chi connectivity index (χ2v) is 7.75. The van der Waals surface area contributed by atoms with Gasteiger partial charge < -0.3 is 14.8 Å². The molecule has 1 fully saturated rings. The van der Waals surface area contributed by atoms with E-state index in [1.807, 2.05) is 0 Å². The van der Waals surface area contributed by atoms with Gasteiger partial charge in [-0.05, 0) is 24.3 Å². The average Bonchev–Trinajstić information content (AvgIpc) is 3.14. The van der Waals surface area contributed by atoms with E-state index >= 15 is 0 Å². The van der Waals surface area contributed by atoms with Crippen molar-refractivity contribution in [3.05, 3.63) is 65.1 Å². The Hall–Kier alpha value is -3.04. The molecule has 2 aliphatic rings. The van der Waals surface area contributed by atoms with Crippen LogP contribution >= 0.6 is 0 Å². The summed E-state index contributed by atoms with van der Waals surface area (Å²) in [6.45, 7) is 3.54. The van der Waals surface area contributed by atoms with Crippen molar-refractivity contribution in [3.8, 4) is 5.75 Å². The van der Waals surface area contributed by atoms with Crippen LogP contribution in [0.2, 0.25) is 0 Å². The number of carbonyl (C=O) groups is 1. The van der Waals surface area contributed by atoms with Crippen molar-refractivity contribution >= 4 is 11.6 Å². The third-order valence-electron chi connectivity index (χ3n) is 5.69. The first-order chi connectivity index (χ1) is 15.1. The normalized spacial score (nSPS) is 19.3. The van der Waals surface area contributed by atoms with Crippen molar-refractivity contribution in [3.63, 3.8) is 0 Å². The van der Waals surface area contributed by atoms with Crippen LogP contribution in [0, 0.1) is 11.6 Å². The highest BCUT2D eigenvalue weighted by Crippen LogP contribution is 2.26. The maximum Gasteiger partial charge on any atom is 0.270 e. The Morgan fingerprint density at radius 1 is 1.16 bits per heavy atom. The van der Waals surface area contributed by atoms with Crippen molar-refractivity contribution in [1.29, 1.82) is 0 Å². The van der Waals surface area contributed by atoms with Crippen LogP contribution in [0.3, 0.4) is 0 Å². The highest BCUT2D eigenvalue weighted by molar-refractivity contribution is 5.96. The molecule has 7 nitrogen and oxygen atoms in total. The number of ether oxygens (including phenoxy) is 2. The number of fused-ring (bicyclic) bond motifs is 3. The minimum absolute atomic E-state index is 0.0418. The molecule has 1 N–H and O–H groups in total. The zero-order valence-corrected chi connectivity index (χ0v) is 16.8. The number of imidazole rings is 1. The molecule has 31 heavy (non-hydrogen) atoms. The molecule has 0 radical (unpaired) electrons. The predicted molar refractivity (Wildman–Crippen MR) is 108 cm³/mol. The SMILES string of the molecule is O=C1N[C@@H](CN2CCOCC2)Cc2nc3c(OCc4c(F)cccc4F)cccn3c21. The number of nitrogens with zero attached hydrogens (tertiary/aromatic N) is 3. The molecule has 0 saturated carbocycles. The van der Waals surface area contributed by atoms with Gasteiger partial charge in [0.25, 0.3) is 5.91 Å². The van der Waals surface area contributed by atoms with Crippen molar-refractivity contribution in [1.82, 2.24) is 19.6 Å². The van der Waals surface area contributed by atoms with Gasteiger partial charge in [0.1, 0.15) is 23.9 Å². The van der Waals surface area contributed by atoms with Gasteiger partial charge in [-0.1, -0.05) is 6.07 Å². The second-order valence-electron chi connectivity index (χ2n) is 7.75. The van der Waals surface area contributed by atoms with Crippen molar-refractivity contribution < 1.29 is 23.0 Å². The van der Waals surface area contributed by atoms with E-state index in [1.54, 1.807) is 22.7 Å². The molecule has 0 aliphatic carbocycles. The van der Waals surface area contributed by atoms with Crippen molar-refractivity contribution in [2.24, 2.45) is 0 Å². The fraction of sp³-hybridized carbons (Fsp3) is 0.364. The minimum Gasteiger partial charge on any atom is -0.485 e. The predicted octanol–water partition coefficient (Wildman–Crippen LogP) is 2.18. The summed E-state index contributed by atoms with van der Waals surface area (Å²) in [7, 11) is 0. The summed E-state index contributed by atoms with van der Waals surface area (Å²) in [6, 6.07) is 7.04. The van der Waals surface area contributed by atoms with Gasteiger partial charge in [-0.3, -0.25) is 14.1 Å². The van der Waals surface area contributed by atoms with E-state index in [-0.39, 0.29) is 24.1 Å². The quantitative estimate of drug-likeness (QED) is 0.675. The summed E-state index contributed by atoms with van der Waals surface area (Å²) >= 11 is 0. The first kappa shape index (κ1) is 19.9. The summed E-state index contributed by atoms with van der Waals surface area (Å²) in [5.41, 5.74) is 1.46. The molecular formula is C22H22F2N4O3. The van der Waals surface area contributed by atoms with E-state index < -0.39 is 11.6 Å². The molecule has 5 rings (SSSR count). The molecule has 1 amide bonds. The standard InChI is InChI=1S/C22H22F2N4O3/c23-16-3-1-4-17(24)15(16)13-31-19-5-2-6-28-20-18(26-21(19)28)11-14(25-22(20)29)12-27-7-9-30-10-8-27/h1-6,14H,7-13H2,(H,25,29)/t14-/m1/s1. The van der Waals surface area contributed by atoms with Crippen molar-refractivity contribution in [2.75, 3.05) is 32.8 Å². The van der Waals surface area contributed by atoms with Gasteiger partial charge in [-0.25, -0.2) is 13.8 Å². The number of aromatic nitrogens is 2. The van der Waals surface area contributed by atoms with Crippen LogP contribution in [0.15, 0.2) is 36.5 Å². The number of nitrogens with one attached hydrogen (secondary N) is 1. The Kier molecular flexibility index (Phi) is 5.29. The van der Waals surface area contributed by atoms with Crippen LogP contribution in [-0.2, 0) is 17.8 Å². The molecule has 2 aliphatic heterocycles. The summed E-state index contributed by atoms with van der Waals surface area (Å²) < 4.78 is 40.6. The Morgan fingerprint density at radius 3 is 2.71 bits per heavy atom. The fourth-order valence-electron chi connectivity index (χ4n) is 4.15. The van der Waals surface area contributed by atoms with E-state index in [1.165, 1.54) is 18.2 Å². The number of hydrogen-bond acceptors (Lipinski definition) is 5. The number of benzene rings is 1.